The van der Waals surface area contributed by atoms with E-state index in [4.69, 9.17) is 19.9 Å². The summed E-state index contributed by atoms with van der Waals surface area (Å²) in [6, 6.07) is 0.140. The van der Waals surface area contributed by atoms with Gasteiger partial charge in [-0.3, -0.25) is 14.4 Å². The van der Waals surface area contributed by atoms with Crippen LogP contribution in [0.3, 0.4) is 0 Å². The number of hydrogen-bond donors (Lipinski definition) is 4. The summed E-state index contributed by atoms with van der Waals surface area (Å²) in [6.07, 6.45) is 5.85. The highest BCUT2D eigenvalue weighted by Gasteiger charge is 2.35. The molecule has 0 aromatic rings. The van der Waals surface area contributed by atoms with Gasteiger partial charge in [-0.2, -0.15) is 0 Å². The van der Waals surface area contributed by atoms with Gasteiger partial charge in [0.25, 0.3) is 5.91 Å². The first-order valence-corrected chi connectivity index (χ1v) is 14.2. The number of aliphatic hydroxyl groups excluding tert-OH is 1. The van der Waals surface area contributed by atoms with Crippen molar-refractivity contribution < 1.29 is 38.5 Å². The van der Waals surface area contributed by atoms with Crippen LogP contribution in [0.1, 0.15) is 53.4 Å². The number of nitrogens with one attached hydrogen (secondary N) is 2. The van der Waals surface area contributed by atoms with Gasteiger partial charge in [0.1, 0.15) is 6.10 Å². The maximum Gasteiger partial charge on any atom is 0.405 e. The summed E-state index contributed by atoms with van der Waals surface area (Å²) >= 11 is 0. The molecule has 3 rings (SSSR count). The molecule has 11 nitrogen and oxygen atoms in total. The van der Waals surface area contributed by atoms with Gasteiger partial charge in [0.2, 0.25) is 11.6 Å². The normalized spacial score (nSPS) is 33.5. The molecule has 1 saturated carbocycles. The van der Waals surface area contributed by atoms with Crippen LogP contribution in [0.4, 0.5) is 4.79 Å². The SMILES string of the molecule is CO[C@H]1/C=C\C=C(\C)C(=O)NC2=CC(=O)C(NC3CC3)=C(C[C@@H](C)C[C@H](OC)[C@H](O)[C@@H](C)/C=C(/C)[C@@H]1OC(N)=O)C2=O. The number of aliphatic hydroxyl groups is 1. The molecule has 6 atom stereocenters. The molecule has 230 valence electrons. The number of methoxy groups -OCH3 is 2. The molecule has 3 aliphatic rings. The van der Waals surface area contributed by atoms with E-state index in [1.807, 2.05) is 13.8 Å². The third-order valence-electron chi connectivity index (χ3n) is 7.72. The quantitative estimate of drug-likeness (QED) is 0.280. The van der Waals surface area contributed by atoms with Crippen molar-refractivity contribution in [3.05, 3.63) is 58.5 Å². The molecular weight excluding hydrogens is 542 g/mol. The van der Waals surface area contributed by atoms with Gasteiger partial charge in [0.05, 0.1) is 23.6 Å². The third kappa shape index (κ3) is 8.50. The van der Waals surface area contributed by atoms with Gasteiger partial charge >= 0.3 is 6.09 Å². The van der Waals surface area contributed by atoms with Gasteiger partial charge in [0.15, 0.2) is 6.10 Å². The number of carbonyl (C=O) groups excluding carboxylic acids is 4. The zero-order valence-electron chi connectivity index (χ0n) is 25.1. The molecule has 2 aliphatic carbocycles. The van der Waals surface area contributed by atoms with Gasteiger partial charge in [-0.1, -0.05) is 38.2 Å². The molecule has 1 heterocycles. The number of carbonyl (C=O) groups is 4. The van der Waals surface area contributed by atoms with Crippen molar-refractivity contribution in [2.24, 2.45) is 17.6 Å². The van der Waals surface area contributed by atoms with E-state index in [0.717, 1.165) is 18.9 Å². The van der Waals surface area contributed by atoms with Crippen molar-refractivity contribution in [1.82, 2.24) is 10.6 Å². The molecule has 1 fully saturated rings. The van der Waals surface area contributed by atoms with Crippen LogP contribution < -0.4 is 16.4 Å². The summed E-state index contributed by atoms with van der Waals surface area (Å²) in [5.41, 5.74) is 6.69. The van der Waals surface area contributed by atoms with E-state index < -0.39 is 48.1 Å². The predicted octanol–water partition coefficient (Wildman–Crippen LogP) is 2.51. The Kier molecular flexibility index (Phi) is 11.4. The lowest BCUT2D eigenvalue weighted by Gasteiger charge is -2.30. The lowest BCUT2D eigenvalue weighted by atomic mass is 9.85. The molecule has 0 saturated heterocycles. The van der Waals surface area contributed by atoms with Crippen LogP contribution in [0.15, 0.2) is 58.5 Å². The summed E-state index contributed by atoms with van der Waals surface area (Å²) in [5, 5.41) is 17.0. The third-order valence-corrected chi connectivity index (χ3v) is 7.72. The number of amides is 2. The van der Waals surface area contributed by atoms with Crippen molar-refractivity contribution in [2.75, 3.05) is 14.2 Å². The van der Waals surface area contributed by atoms with Crippen molar-refractivity contribution in [3.63, 3.8) is 0 Å². The van der Waals surface area contributed by atoms with E-state index in [9.17, 15) is 24.3 Å². The number of nitrogens with two attached hydrogens (primary N) is 1. The number of Topliss-reactive ketones (excluding diaryl/α,β-unsaturated/α-hetero) is 1. The molecule has 2 bridgehead atoms. The van der Waals surface area contributed by atoms with Crippen LogP contribution in [0.2, 0.25) is 0 Å². The highest BCUT2D eigenvalue weighted by atomic mass is 16.6. The van der Waals surface area contributed by atoms with E-state index in [-0.39, 0.29) is 41.1 Å². The van der Waals surface area contributed by atoms with Gasteiger partial charge < -0.3 is 35.7 Å². The lowest BCUT2D eigenvalue weighted by molar-refractivity contribution is -0.120. The van der Waals surface area contributed by atoms with Crippen LogP contribution in [0.5, 0.6) is 0 Å². The number of rotatable bonds is 5. The second-order valence-corrected chi connectivity index (χ2v) is 11.3. The monoisotopic (exact) mass is 585 g/mol. The Morgan fingerprint density at radius 1 is 1.12 bits per heavy atom. The van der Waals surface area contributed by atoms with Crippen molar-refractivity contribution in [1.29, 1.82) is 0 Å². The molecular formula is C31H43N3O8. The fourth-order valence-corrected chi connectivity index (χ4v) is 5.17. The fraction of sp³-hybridized carbons (Fsp3) is 0.548. The first-order valence-electron chi connectivity index (χ1n) is 14.2. The van der Waals surface area contributed by atoms with Gasteiger partial charge in [0, 0.05) is 43.4 Å². The van der Waals surface area contributed by atoms with Crippen molar-refractivity contribution in [2.45, 2.75) is 83.8 Å². The van der Waals surface area contributed by atoms with E-state index >= 15 is 0 Å². The van der Waals surface area contributed by atoms with Crippen molar-refractivity contribution >= 4 is 23.6 Å². The summed E-state index contributed by atoms with van der Waals surface area (Å²) < 4.78 is 16.6. The molecule has 0 spiro atoms. The second-order valence-electron chi connectivity index (χ2n) is 11.3. The number of hydrogen-bond acceptors (Lipinski definition) is 9. The predicted molar refractivity (Wildman–Crippen MR) is 156 cm³/mol. The standard InChI is InChI=1S/C31H43N3O8/c1-16-12-21-26(33-20-10-11-20)23(35)15-22(28(21)37)34-30(38)17(2)8-7-9-24(40-5)29(42-31(32)39)19(4)14-18(3)27(36)25(13-16)41-6/h7-9,14-16,18,20,24-25,27,29,33,36H,10-13H2,1-6H3,(H2,32,39)(H,34,38)/b9-7-,17-8-,19-14-/t16-,18+,24+,25+,27-,29+/m1/s1. The molecule has 0 unspecified atom stereocenters. The van der Waals surface area contributed by atoms with Crippen LogP contribution in [-0.2, 0) is 28.6 Å². The molecule has 42 heavy (non-hydrogen) atoms. The summed E-state index contributed by atoms with van der Waals surface area (Å²) in [7, 11) is 2.94. The molecule has 11 heteroatoms. The van der Waals surface area contributed by atoms with E-state index in [0.29, 0.717) is 17.6 Å². The van der Waals surface area contributed by atoms with Crippen molar-refractivity contribution in [3.8, 4) is 0 Å². The highest BCUT2D eigenvalue weighted by Crippen LogP contribution is 2.30. The maximum absolute atomic E-state index is 13.6. The zero-order valence-corrected chi connectivity index (χ0v) is 25.1. The number of ketones is 2. The molecule has 0 aromatic carbocycles. The summed E-state index contributed by atoms with van der Waals surface area (Å²) in [4.78, 5) is 51.5. The topological polar surface area (TPSA) is 166 Å². The molecule has 0 radical (unpaired) electrons. The number of ether oxygens (including phenoxy) is 3. The Labute approximate surface area is 246 Å². The van der Waals surface area contributed by atoms with Crippen LogP contribution >= 0.6 is 0 Å². The number of fused-ring (bicyclic) bond motifs is 2. The second kappa shape index (κ2) is 14.6. The first kappa shape index (κ1) is 33.0. The molecule has 0 aromatic heterocycles. The minimum absolute atomic E-state index is 0.0929. The number of allylic oxidation sites excluding steroid dienone is 4. The van der Waals surface area contributed by atoms with Crippen LogP contribution in [0, 0.1) is 11.8 Å². The maximum atomic E-state index is 13.6. The summed E-state index contributed by atoms with van der Waals surface area (Å²) in [5.74, 6) is -1.94. The van der Waals surface area contributed by atoms with E-state index in [2.05, 4.69) is 10.6 Å². The lowest BCUT2D eigenvalue weighted by Crippen LogP contribution is -2.38. The largest absolute Gasteiger partial charge is 0.439 e. The average molecular weight is 586 g/mol. The molecule has 2 amide bonds. The Morgan fingerprint density at radius 2 is 1.81 bits per heavy atom. The minimum Gasteiger partial charge on any atom is -0.439 e. The number of primary amides is 1. The smallest absolute Gasteiger partial charge is 0.405 e. The average Bonchev–Trinajstić information content (AvgIpc) is 3.76. The summed E-state index contributed by atoms with van der Waals surface area (Å²) in [6.45, 7) is 7.04. The van der Waals surface area contributed by atoms with E-state index in [1.54, 1.807) is 32.1 Å². The zero-order chi connectivity index (χ0) is 31.1. The Morgan fingerprint density at radius 3 is 2.40 bits per heavy atom. The van der Waals surface area contributed by atoms with Gasteiger partial charge in [-0.15, -0.1) is 0 Å². The van der Waals surface area contributed by atoms with Gasteiger partial charge in [-0.05, 0) is 51.0 Å². The van der Waals surface area contributed by atoms with Gasteiger partial charge in [-0.25, -0.2) is 4.79 Å². The van der Waals surface area contributed by atoms with Crippen LogP contribution in [0.25, 0.3) is 0 Å². The van der Waals surface area contributed by atoms with E-state index in [1.165, 1.54) is 20.3 Å². The molecule has 5 N–H and O–H groups in total. The Hall–Kier alpha value is -3.54. The molecule has 1 aliphatic heterocycles. The fourth-order valence-electron chi connectivity index (χ4n) is 5.17. The Balaban J connectivity index is 2.05. The highest BCUT2D eigenvalue weighted by molar-refractivity contribution is 6.23. The minimum atomic E-state index is -0.993. The van der Waals surface area contributed by atoms with Crippen LogP contribution in [-0.4, -0.2) is 73.4 Å². The first-order chi connectivity index (χ1) is 19.9. The Bertz CT molecular complexity index is 1230.